The fourth-order valence-electron chi connectivity index (χ4n) is 1.15. The normalized spacial score (nSPS) is 20.8. The lowest BCUT2D eigenvalue weighted by atomic mass is 9.86. The van der Waals surface area contributed by atoms with Crippen LogP contribution in [0.5, 0.6) is 0 Å². The zero-order valence-electron chi connectivity index (χ0n) is 7.98. The standard InChI is InChI=1S/C8H20N2O3/c1-2-8(10,5-9)7(13)6(12)3-4-11/h6-7,11-13H,2-5,9-10H2,1H3. The lowest BCUT2D eigenvalue weighted by Gasteiger charge is -2.34. The van der Waals surface area contributed by atoms with Gasteiger partial charge >= 0.3 is 0 Å². The number of aliphatic hydroxyl groups excluding tert-OH is 3. The molecule has 0 aromatic rings. The molecule has 80 valence electrons. The minimum absolute atomic E-state index is 0.104. The summed E-state index contributed by atoms with van der Waals surface area (Å²) in [5, 5.41) is 27.5. The van der Waals surface area contributed by atoms with Crippen LogP contribution in [0, 0.1) is 0 Å². The van der Waals surface area contributed by atoms with E-state index in [1.807, 2.05) is 0 Å². The second-order valence-corrected chi connectivity index (χ2v) is 3.32. The average molecular weight is 192 g/mol. The van der Waals surface area contributed by atoms with Gasteiger partial charge in [-0.2, -0.15) is 0 Å². The van der Waals surface area contributed by atoms with Gasteiger partial charge in [0.1, 0.15) is 0 Å². The highest BCUT2D eigenvalue weighted by molar-refractivity contribution is 4.94. The van der Waals surface area contributed by atoms with Crippen molar-refractivity contribution in [1.29, 1.82) is 0 Å². The van der Waals surface area contributed by atoms with E-state index < -0.39 is 17.7 Å². The monoisotopic (exact) mass is 192 g/mol. The van der Waals surface area contributed by atoms with Crippen LogP contribution in [-0.2, 0) is 0 Å². The predicted molar refractivity (Wildman–Crippen MR) is 50.0 cm³/mol. The van der Waals surface area contributed by atoms with E-state index in [4.69, 9.17) is 16.6 Å². The molecule has 13 heavy (non-hydrogen) atoms. The molecule has 0 bridgehead atoms. The van der Waals surface area contributed by atoms with Gasteiger partial charge in [0.15, 0.2) is 0 Å². The average Bonchev–Trinajstić information content (AvgIpc) is 2.16. The van der Waals surface area contributed by atoms with Crippen LogP contribution in [0.15, 0.2) is 0 Å². The minimum Gasteiger partial charge on any atom is -0.396 e. The van der Waals surface area contributed by atoms with Gasteiger partial charge in [-0.05, 0) is 12.8 Å². The highest BCUT2D eigenvalue weighted by Crippen LogP contribution is 2.15. The quantitative estimate of drug-likeness (QED) is 0.339. The van der Waals surface area contributed by atoms with Crippen molar-refractivity contribution >= 4 is 0 Å². The molecule has 5 nitrogen and oxygen atoms in total. The first kappa shape index (κ1) is 12.8. The topological polar surface area (TPSA) is 113 Å². The van der Waals surface area contributed by atoms with Gasteiger partial charge in [0.25, 0.3) is 0 Å². The lowest BCUT2D eigenvalue weighted by Crippen LogP contribution is -2.60. The molecule has 7 N–H and O–H groups in total. The van der Waals surface area contributed by atoms with Crippen LogP contribution in [0.1, 0.15) is 19.8 Å². The van der Waals surface area contributed by atoms with Crippen LogP contribution in [-0.4, -0.2) is 46.2 Å². The number of nitrogens with two attached hydrogens (primary N) is 2. The third-order valence-electron chi connectivity index (χ3n) is 2.42. The summed E-state index contributed by atoms with van der Waals surface area (Å²) in [6.07, 6.45) is -1.51. The van der Waals surface area contributed by atoms with Crippen LogP contribution >= 0.6 is 0 Å². The van der Waals surface area contributed by atoms with E-state index in [9.17, 15) is 10.2 Å². The number of hydrogen-bond donors (Lipinski definition) is 5. The van der Waals surface area contributed by atoms with Crippen LogP contribution in [0.3, 0.4) is 0 Å². The molecule has 0 spiro atoms. The molecule has 3 unspecified atom stereocenters. The first-order valence-electron chi connectivity index (χ1n) is 4.47. The SMILES string of the molecule is CCC(N)(CN)C(O)C(O)CCO. The maximum absolute atomic E-state index is 9.60. The van der Waals surface area contributed by atoms with Gasteiger partial charge in [-0.25, -0.2) is 0 Å². The Morgan fingerprint density at radius 2 is 1.92 bits per heavy atom. The van der Waals surface area contributed by atoms with Gasteiger partial charge in [0.05, 0.1) is 17.7 Å². The Hall–Kier alpha value is -0.200. The Morgan fingerprint density at radius 1 is 1.38 bits per heavy atom. The summed E-state index contributed by atoms with van der Waals surface area (Å²) in [7, 11) is 0. The summed E-state index contributed by atoms with van der Waals surface area (Å²) in [6, 6.07) is 0. The summed E-state index contributed by atoms with van der Waals surface area (Å²) in [6.45, 7) is 1.72. The van der Waals surface area contributed by atoms with E-state index in [2.05, 4.69) is 0 Å². The summed E-state index contributed by atoms with van der Waals surface area (Å²) >= 11 is 0. The number of hydrogen-bond acceptors (Lipinski definition) is 5. The largest absolute Gasteiger partial charge is 0.396 e. The van der Waals surface area contributed by atoms with Crippen molar-refractivity contribution in [2.45, 2.75) is 37.5 Å². The number of rotatable bonds is 6. The minimum atomic E-state index is -1.09. The van der Waals surface area contributed by atoms with E-state index in [0.29, 0.717) is 6.42 Å². The van der Waals surface area contributed by atoms with Gasteiger partial charge in [0, 0.05) is 13.2 Å². The smallest absolute Gasteiger partial charge is 0.0991 e. The summed E-state index contributed by atoms with van der Waals surface area (Å²) in [4.78, 5) is 0. The molecule has 0 fully saturated rings. The molecule has 5 heteroatoms. The first-order valence-corrected chi connectivity index (χ1v) is 4.47. The third-order valence-corrected chi connectivity index (χ3v) is 2.42. The Kier molecular flexibility index (Phi) is 5.43. The molecule has 3 atom stereocenters. The number of aliphatic hydroxyl groups is 3. The molecular weight excluding hydrogens is 172 g/mol. The van der Waals surface area contributed by atoms with E-state index >= 15 is 0 Å². The maximum Gasteiger partial charge on any atom is 0.0991 e. The molecule has 0 aromatic heterocycles. The van der Waals surface area contributed by atoms with Crippen molar-refractivity contribution in [3.05, 3.63) is 0 Å². The third kappa shape index (κ3) is 3.21. The molecule has 0 aliphatic heterocycles. The van der Waals surface area contributed by atoms with Crippen molar-refractivity contribution < 1.29 is 15.3 Å². The fourth-order valence-corrected chi connectivity index (χ4v) is 1.15. The molecule has 0 radical (unpaired) electrons. The summed E-state index contributed by atoms with van der Waals surface area (Å²) in [5.74, 6) is 0. The molecule has 0 heterocycles. The Bertz CT molecular complexity index is 139. The van der Waals surface area contributed by atoms with Crippen LogP contribution in [0.25, 0.3) is 0 Å². The second kappa shape index (κ2) is 5.51. The van der Waals surface area contributed by atoms with Gasteiger partial charge in [-0.3, -0.25) is 0 Å². The van der Waals surface area contributed by atoms with Crippen molar-refractivity contribution in [3.63, 3.8) is 0 Å². The zero-order valence-corrected chi connectivity index (χ0v) is 7.98. The molecule has 0 saturated heterocycles. The molecule has 0 saturated carbocycles. The van der Waals surface area contributed by atoms with Gasteiger partial charge in [0.2, 0.25) is 0 Å². The van der Waals surface area contributed by atoms with Crippen LogP contribution < -0.4 is 11.5 Å². The maximum atomic E-state index is 9.60. The van der Waals surface area contributed by atoms with Crippen molar-refractivity contribution in [2.75, 3.05) is 13.2 Å². The van der Waals surface area contributed by atoms with Crippen molar-refractivity contribution in [2.24, 2.45) is 11.5 Å². The van der Waals surface area contributed by atoms with Gasteiger partial charge < -0.3 is 26.8 Å². The lowest BCUT2D eigenvalue weighted by molar-refractivity contribution is -0.0373. The highest BCUT2D eigenvalue weighted by Gasteiger charge is 2.35. The predicted octanol–water partition coefficient (Wildman–Crippen LogP) is -1.84. The molecule has 0 amide bonds. The van der Waals surface area contributed by atoms with Gasteiger partial charge in [-0.1, -0.05) is 6.92 Å². The fraction of sp³-hybridized carbons (Fsp3) is 1.00. The Labute approximate surface area is 78.4 Å². The molecule has 0 rings (SSSR count). The van der Waals surface area contributed by atoms with Crippen LogP contribution in [0.2, 0.25) is 0 Å². The molecular formula is C8H20N2O3. The first-order chi connectivity index (χ1) is 6.01. The van der Waals surface area contributed by atoms with E-state index in [1.54, 1.807) is 6.92 Å². The van der Waals surface area contributed by atoms with Gasteiger partial charge in [-0.15, -0.1) is 0 Å². The summed E-state index contributed by atoms with van der Waals surface area (Å²) < 4.78 is 0. The second-order valence-electron chi connectivity index (χ2n) is 3.32. The van der Waals surface area contributed by atoms with E-state index in [1.165, 1.54) is 0 Å². The highest BCUT2D eigenvalue weighted by atomic mass is 16.3. The molecule has 0 aromatic carbocycles. The Balaban J connectivity index is 4.27. The Morgan fingerprint density at radius 3 is 2.23 bits per heavy atom. The van der Waals surface area contributed by atoms with E-state index in [-0.39, 0.29) is 19.6 Å². The van der Waals surface area contributed by atoms with Crippen LogP contribution in [0.4, 0.5) is 0 Å². The summed E-state index contributed by atoms with van der Waals surface area (Å²) in [5.41, 5.74) is 10.2. The van der Waals surface area contributed by atoms with Crippen molar-refractivity contribution in [1.82, 2.24) is 0 Å². The molecule has 0 aliphatic carbocycles. The van der Waals surface area contributed by atoms with E-state index in [0.717, 1.165) is 0 Å². The molecule has 0 aliphatic rings. The van der Waals surface area contributed by atoms with Crippen molar-refractivity contribution in [3.8, 4) is 0 Å². The zero-order chi connectivity index (χ0) is 10.5.